The number of aromatic nitrogens is 1. The molecule has 1 aromatic heterocycles. The fraction of sp³-hybridized carbons (Fsp3) is 0.400. The van der Waals surface area contributed by atoms with Crippen LogP contribution in [0.2, 0.25) is 0 Å². The van der Waals surface area contributed by atoms with Crippen LogP contribution in [0.1, 0.15) is 22.4 Å². The van der Waals surface area contributed by atoms with Crippen molar-refractivity contribution in [2.24, 2.45) is 5.92 Å². The predicted molar refractivity (Wildman–Crippen MR) is 95.6 cm³/mol. The normalized spacial score (nSPS) is 16.8. The quantitative estimate of drug-likeness (QED) is 0.843. The molecule has 2 aromatic rings. The van der Waals surface area contributed by atoms with Gasteiger partial charge in [0.05, 0.1) is 0 Å². The lowest BCUT2D eigenvalue weighted by Crippen LogP contribution is -2.40. The van der Waals surface area contributed by atoms with Crippen LogP contribution in [0.4, 0.5) is 0 Å². The molecule has 2 heterocycles. The number of ether oxygens (including phenoxy) is 1. The summed E-state index contributed by atoms with van der Waals surface area (Å²) < 4.78 is 5.80. The highest BCUT2D eigenvalue weighted by Gasteiger charge is 2.29. The fourth-order valence-corrected chi connectivity index (χ4v) is 3.03. The molecule has 5 heteroatoms. The van der Waals surface area contributed by atoms with Gasteiger partial charge in [-0.1, -0.05) is 12.1 Å². The number of nitrogens with one attached hydrogen (secondary N) is 1. The van der Waals surface area contributed by atoms with E-state index >= 15 is 0 Å². The third-order valence-corrected chi connectivity index (χ3v) is 4.69. The lowest BCUT2D eigenvalue weighted by molar-refractivity contribution is -0.127. The molecule has 0 bridgehead atoms. The highest BCUT2D eigenvalue weighted by Crippen LogP contribution is 2.31. The first-order valence-corrected chi connectivity index (χ1v) is 8.62. The number of pyridine rings is 1. The van der Waals surface area contributed by atoms with Crippen molar-refractivity contribution in [2.45, 2.75) is 32.8 Å². The van der Waals surface area contributed by atoms with Crippen molar-refractivity contribution in [3.8, 4) is 5.75 Å². The molecule has 1 aliphatic heterocycles. The first-order chi connectivity index (χ1) is 12.1. The van der Waals surface area contributed by atoms with Gasteiger partial charge in [-0.3, -0.25) is 9.78 Å². The number of aliphatic hydroxyl groups is 1. The number of benzene rings is 1. The maximum Gasteiger partial charge on any atom is 0.261 e. The zero-order valence-corrected chi connectivity index (χ0v) is 14.7. The molecule has 2 atom stereocenters. The van der Waals surface area contributed by atoms with Crippen LogP contribution in [-0.4, -0.2) is 35.3 Å². The summed E-state index contributed by atoms with van der Waals surface area (Å²) >= 11 is 0. The van der Waals surface area contributed by atoms with Crippen LogP contribution in [0.15, 0.2) is 36.5 Å². The van der Waals surface area contributed by atoms with E-state index in [0.29, 0.717) is 19.4 Å². The van der Waals surface area contributed by atoms with Gasteiger partial charge in [0.1, 0.15) is 5.75 Å². The Morgan fingerprint density at radius 1 is 1.36 bits per heavy atom. The number of hydrogen-bond donors (Lipinski definition) is 2. The molecule has 0 aliphatic carbocycles. The molecule has 1 aliphatic rings. The second kappa shape index (κ2) is 7.66. The number of carbonyl (C=O) groups excluding carboxylic acids is 1. The fourth-order valence-electron chi connectivity index (χ4n) is 3.03. The Kier molecular flexibility index (Phi) is 5.34. The Morgan fingerprint density at radius 2 is 2.16 bits per heavy atom. The zero-order chi connectivity index (χ0) is 17.8. The van der Waals surface area contributed by atoms with E-state index in [1.807, 2.05) is 31.2 Å². The average molecular weight is 340 g/mol. The first-order valence-electron chi connectivity index (χ1n) is 8.62. The molecular weight excluding hydrogens is 316 g/mol. The monoisotopic (exact) mass is 340 g/mol. The molecule has 25 heavy (non-hydrogen) atoms. The number of hydrogen-bond acceptors (Lipinski definition) is 4. The van der Waals surface area contributed by atoms with E-state index in [0.717, 1.165) is 22.6 Å². The SMILES string of the molecule is Cc1cc2c(cc1C)OC(C(=O)NCC(CO)Cc1ccccn1)C2. The van der Waals surface area contributed by atoms with Crippen LogP contribution in [0.5, 0.6) is 5.75 Å². The van der Waals surface area contributed by atoms with Crippen molar-refractivity contribution in [1.29, 1.82) is 0 Å². The molecule has 3 rings (SSSR count). The van der Waals surface area contributed by atoms with Gasteiger partial charge in [0, 0.05) is 37.4 Å². The van der Waals surface area contributed by atoms with Crippen molar-refractivity contribution in [2.75, 3.05) is 13.2 Å². The lowest BCUT2D eigenvalue weighted by Gasteiger charge is -2.17. The Balaban J connectivity index is 1.54. The maximum absolute atomic E-state index is 12.4. The number of rotatable bonds is 6. The third kappa shape index (κ3) is 4.17. The molecular formula is C20H24N2O3. The Bertz CT molecular complexity index is 715. The van der Waals surface area contributed by atoms with Crippen molar-refractivity contribution >= 4 is 5.91 Å². The van der Waals surface area contributed by atoms with Crippen molar-refractivity contribution in [1.82, 2.24) is 10.3 Å². The summed E-state index contributed by atoms with van der Waals surface area (Å²) in [7, 11) is 0. The van der Waals surface area contributed by atoms with E-state index in [1.54, 1.807) is 6.20 Å². The van der Waals surface area contributed by atoms with Gasteiger partial charge in [0.25, 0.3) is 5.91 Å². The number of aryl methyl sites for hydroxylation is 2. The minimum absolute atomic E-state index is 0.000985. The van der Waals surface area contributed by atoms with E-state index in [9.17, 15) is 9.90 Å². The maximum atomic E-state index is 12.4. The van der Waals surface area contributed by atoms with Crippen LogP contribution in [0.3, 0.4) is 0 Å². The molecule has 0 spiro atoms. The van der Waals surface area contributed by atoms with E-state index in [4.69, 9.17) is 4.74 Å². The number of amides is 1. The van der Waals surface area contributed by atoms with E-state index in [-0.39, 0.29) is 18.4 Å². The van der Waals surface area contributed by atoms with Crippen LogP contribution in [-0.2, 0) is 17.6 Å². The Morgan fingerprint density at radius 3 is 2.88 bits per heavy atom. The van der Waals surface area contributed by atoms with Gasteiger partial charge in [0.2, 0.25) is 0 Å². The topological polar surface area (TPSA) is 71.5 Å². The number of fused-ring (bicyclic) bond motifs is 1. The van der Waals surface area contributed by atoms with E-state index in [2.05, 4.69) is 23.3 Å². The van der Waals surface area contributed by atoms with Crippen LogP contribution < -0.4 is 10.1 Å². The second-order valence-electron chi connectivity index (χ2n) is 6.67. The van der Waals surface area contributed by atoms with Gasteiger partial charge in [-0.2, -0.15) is 0 Å². The van der Waals surface area contributed by atoms with E-state index in [1.165, 1.54) is 5.56 Å². The minimum Gasteiger partial charge on any atom is -0.480 e. The molecule has 132 valence electrons. The number of nitrogens with zero attached hydrogens (tertiary/aromatic N) is 1. The highest BCUT2D eigenvalue weighted by molar-refractivity contribution is 5.82. The average Bonchev–Trinajstić information content (AvgIpc) is 3.02. The first kappa shape index (κ1) is 17.4. The second-order valence-corrected chi connectivity index (χ2v) is 6.67. The molecule has 0 fully saturated rings. The van der Waals surface area contributed by atoms with Crippen molar-refractivity contribution < 1.29 is 14.6 Å². The summed E-state index contributed by atoms with van der Waals surface area (Å²) in [5.41, 5.74) is 4.36. The largest absolute Gasteiger partial charge is 0.480 e. The van der Waals surface area contributed by atoms with E-state index < -0.39 is 6.10 Å². The smallest absolute Gasteiger partial charge is 0.261 e. The molecule has 0 radical (unpaired) electrons. The third-order valence-electron chi connectivity index (χ3n) is 4.69. The van der Waals surface area contributed by atoms with Gasteiger partial charge in [-0.15, -0.1) is 0 Å². The summed E-state index contributed by atoms with van der Waals surface area (Å²) in [6, 6.07) is 9.79. The Hall–Kier alpha value is -2.40. The molecule has 0 saturated carbocycles. The Labute approximate surface area is 148 Å². The van der Waals surface area contributed by atoms with Crippen LogP contribution in [0, 0.1) is 19.8 Å². The van der Waals surface area contributed by atoms with Crippen molar-refractivity contribution in [3.05, 3.63) is 58.9 Å². The summed E-state index contributed by atoms with van der Waals surface area (Å²) in [5, 5.41) is 12.5. The molecule has 2 N–H and O–H groups in total. The van der Waals surface area contributed by atoms with Crippen molar-refractivity contribution in [3.63, 3.8) is 0 Å². The molecule has 0 saturated heterocycles. The predicted octanol–water partition coefficient (Wildman–Crippen LogP) is 1.97. The standard InChI is InChI=1S/C20H24N2O3/c1-13-7-16-10-19(25-18(16)8-14(13)2)20(24)22-11-15(12-23)9-17-5-3-4-6-21-17/h3-8,15,19,23H,9-12H2,1-2H3,(H,22,24). The minimum atomic E-state index is -0.495. The highest BCUT2D eigenvalue weighted by atomic mass is 16.5. The molecule has 5 nitrogen and oxygen atoms in total. The summed E-state index contributed by atoms with van der Waals surface area (Å²) in [5.74, 6) is 0.605. The van der Waals surface area contributed by atoms with Crippen LogP contribution in [0.25, 0.3) is 0 Å². The summed E-state index contributed by atoms with van der Waals surface area (Å²) in [6.07, 6.45) is 2.45. The van der Waals surface area contributed by atoms with Crippen LogP contribution >= 0.6 is 0 Å². The van der Waals surface area contributed by atoms with Gasteiger partial charge < -0.3 is 15.2 Å². The number of aliphatic hydroxyl groups excluding tert-OH is 1. The zero-order valence-electron chi connectivity index (χ0n) is 14.7. The van der Waals surface area contributed by atoms with Gasteiger partial charge in [0.15, 0.2) is 6.10 Å². The number of carbonyl (C=O) groups is 1. The lowest BCUT2D eigenvalue weighted by atomic mass is 10.0. The van der Waals surface area contributed by atoms with Gasteiger partial charge in [-0.05, 0) is 55.2 Å². The summed E-state index contributed by atoms with van der Waals surface area (Å²) in [4.78, 5) is 16.7. The molecule has 1 aromatic carbocycles. The van der Waals surface area contributed by atoms with Gasteiger partial charge >= 0.3 is 0 Å². The molecule has 1 amide bonds. The summed E-state index contributed by atoms with van der Waals surface area (Å²) in [6.45, 7) is 4.50. The van der Waals surface area contributed by atoms with Gasteiger partial charge in [-0.25, -0.2) is 0 Å². The molecule has 2 unspecified atom stereocenters.